The molecule has 1 heteroatoms. The van der Waals surface area contributed by atoms with Gasteiger partial charge in [0, 0.05) is 5.54 Å². The van der Waals surface area contributed by atoms with Gasteiger partial charge in [0.1, 0.15) is 0 Å². The van der Waals surface area contributed by atoms with E-state index < -0.39 is 0 Å². The maximum absolute atomic E-state index is 3.80. The van der Waals surface area contributed by atoms with Crippen molar-refractivity contribution < 1.29 is 0 Å². The maximum Gasteiger partial charge on any atom is 0.0230 e. The molecule has 1 unspecified atom stereocenters. The van der Waals surface area contributed by atoms with Crippen molar-refractivity contribution in [3.8, 4) is 0 Å². The fourth-order valence-corrected chi connectivity index (χ4v) is 3.07. The zero-order valence-corrected chi connectivity index (χ0v) is 11.9. The van der Waals surface area contributed by atoms with Crippen molar-refractivity contribution in [3.05, 3.63) is 0 Å². The van der Waals surface area contributed by atoms with Crippen molar-refractivity contribution in [1.82, 2.24) is 5.32 Å². The molecule has 1 fully saturated rings. The molecular formula is C15H31N. The van der Waals surface area contributed by atoms with Crippen LogP contribution in [-0.2, 0) is 0 Å². The van der Waals surface area contributed by atoms with Crippen LogP contribution in [0, 0.1) is 5.41 Å². The van der Waals surface area contributed by atoms with Gasteiger partial charge in [0.25, 0.3) is 0 Å². The van der Waals surface area contributed by atoms with Gasteiger partial charge in [0.2, 0.25) is 0 Å². The van der Waals surface area contributed by atoms with Gasteiger partial charge in [-0.25, -0.2) is 0 Å². The van der Waals surface area contributed by atoms with Crippen molar-refractivity contribution in [3.63, 3.8) is 0 Å². The number of unbranched alkanes of at least 4 members (excludes halogenated alkanes) is 4. The summed E-state index contributed by atoms with van der Waals surface area (Å²) in [6.45, 7) is 10.7. The summed E-state index contributed by atoms with van der Waals surface area (Å²) < 4.78 is 0. The summed E-state index contributed by atoms with van der Waals surface area (Å²) in [6, 6.07) is 0. The van der Waals surface area contributed by atoms with E-state index in [-0.39, 0.29) is 0 Å². The van der Waals surface area contributed by atoms with Gasteiger partial charge in [-0.2, -0.15) is 0 Å². The SMILES string of the molecule is CCCCCCCC1(C(C)(C)C)CCCN1. The van der Waals surface area contributed by atoms with Crippen molar-refractivity contribution in [2.75, 3.05) is 6.54 Å². The summed E-state index contributed by atoms with van der Waals surface area (Å²) in [6.07, 6.45) is 11.1. The average Bonchev–Trinajstić information content (AvgIpc) is 2.66. The van der Waals surface area contributed by atoms with Crippen molar-refractivity contribution >= 4 is 0 Å². The molecular weight excluding hydrogens is 194 g/mol. The highest BCUT2D eigenvalue weighted by Gasteiger charge is 2.42. The van der Waals surface area contributed by atoms with E-state index in [2.05, 4.69) is 33.0 Å². The van der Waals surface area contributed by atoms with Gasteiger partial charge in [0.05, 0.1) is 0 Å². The van der Waals surface area contributed by atoms with Gasteiger partial charge in [-0.1, -0.05) is 59.8 Å². The third kappa shape index (κ3) is 3.48. The molecule has 0 amide bonds. The molecule has 1 N–H and O–H groups in total. The third-order valence-electron chi connectivity index (χ3n) is 4.39. The quantitative estimate of drug-likeness (QED) is 0.656. The second kappa shape index (κ2) is 6.05. The molecule has 96 valence electrons. The van der Waals surface area contributed by atoms with Gasteiger partial charge in [-0.05, 0) is 31.2 Å². The minimum absolute atomic E-state index is 0.411. The molecule has 0 aromatic heterocycles. The first-order chi connectivity index (χ1) is 7.52. The van der Waals surface area contributed by atoms with Gasteiger partial charge in [-0.3, -0.25) is 0 Å². The fourth-order valence-electron chi connectivity index (χ4n) is 3.07. The lowest BCUT2D eigenvalue weighted by Gasteiger charge is -2.42. The monoisotopic (exact) mass is 225 g/mol. The van der Waals surface area contributed by atoms with Crippen LogP contribution >= 0.6 is 0 Å². The molecule has 1 rings (SSSR count). The highest BCUT2D eigenvalue weighted by atomic mass is 15.0. The molecule has 1 nitrogen and oxygen atoms in total. The van der Waals surface area contributed by atoms with Crippen molar-refractivity contribution in [1.29, 1.82) is 0 Å². The van der Waals surface area contributed by atoms with Gasteiger partial charge in [0.15, 0.2) is 0 Å². The molecule has 1 aliphatic heterocycles. The lowest BCUT2D eigenvalue weighted by molar-refractivity contribution is 0.144. The summed E-state index contributed by atoms with van der Waals surface area (Å²) in [7, 11) is 0. The zero-order valence-electron chi connectivity index (χ0n) is 11.9. The summed E-state index contributed by atoms with van der Waals surface area (Å²) >= 11 is 0. The number of hydrogen-bond donors (Lipinski definition) is 1. The second-order valence-corrected chi connectivity index (χ2v) is 6.53. The Morgan fingerprint density at radius 1 is 1.06 bits per heavy atom. The second-order valence-electron chi connectivity index (χ2n) is 6.53. The Kier molecular flexibility index (Phi) is 5.30. The Balaban J connectivity index is 2.35. The predicted octanol–water partition coefficient (Wildman–Crippen LogP) is 4.52. The molecule has 0 radical (unpaired) electrons. The topological polar surface area (TPSA) is 12.0 Å². The molecule has 1 aliphatic rings. The van der Waals surface area contributed by atoms with Crippen molar-refractivity contribution in [2.45, 2.75) is 84.6 Å². The Morgan fingerprint density at radius 3 is 2.25 bits per heavy atom. The molecule has 0 spiro atoms. The average molecular weight is 225 g/mol. The van der Waals surface area contributed by atoms with Crippen LogP contribution < -0.4 is 5.32 Å². The Bertz CT molecular complexity index is 184. The standard InChI is InChI=1S/C15H31N/c1-5-6-7-8-9-11-15(14(2,3)4)12-10-13-16-15/h16H,5-13H2,1-4H3. The van der Waals surface area contributed by atoms with Crippen LogP contribution in [0.3, 0.4) is 0 Å². The lowest BCUT2D eigenvalue weighted by atomic mass is 9.70. The van der Waals surface area contributed by atoms with Crippen LogP contribution in [0.2, 0.25) is 0 Å². The first-order valence-electron chi connectivity index (χ1n) is 7.27. The molecule has 0 aromatic rings. The zero-order chi connectivity index (χ0) is 12.1. The highest BCUT2D eigenvalue weighted by molar-refractivity contribution is 5.01. The van der Waals surface area contributed by atoms with Crippen LogP contribution in [0.4, 0.5) is 0 Å². The van der Waals surface area contributed by atoms with Gasteiger partial charge in [-0.15, -0.1) is 0 Å². The molecule has 16 heavy (non-hydrogen) atoms. The largest absolute Gasteiger partial charge is 0.311 e. The molecule has 0 aromatic carbocycles. The van der Waals surface area contributed by atoms with E-state index in [4.69, 9.17) is 0 Å². The van der Waals surface area contributed by atoms with E-state index >= 15 is 0 Å². The maximum atomic E-state index is 3.80. The minimum atomic E-state index is 0.411. The normalized spacial score (nSPS) is 26.2. The van der Waals surface area contributed by atoms with E-state index in [1.807, 2.05) is 0 Å². The highest BCUT2D eigenvalue weighted by Crippen LogP contribution is 2.41. The van der Waals surface area contributed by atoms with Gasteiger partial charge < -0.3 is 5.32 Å². The summed E-state index contributed by atoms with van der Waals surface area (Å²) in [4.78, 5) is 0. The third-order valence-corrected chi connectivity index (χ3v) is 4.39. The Labute approximate surface area is 102 Å². The van der Waals surface area contributed by atoms with Crippen LogP contribution in [0.15, 0.2) is 0 Å². The summed E-state index contributed by atoms with van der Waals surface area (Å²) in [5.41, 5.74) is 0.841. The van der Waals surface area contributed by atoms with E-state index in [9.17, 15) is 0 Å². The molecule has 0 saturated carbocycles. The van der Waals surface area contributed by atoms with E-state index in [0.717, 1.165) is 0 Å². The predicted molar refractivity (Wildman–Crippen MR) is 72.8 cm³/mol. The number of rotatable bonds is 6. The van der Waals surface area contributed by atoms with E-state index in [1.54, 1.807) is 0 Å². The first-order valence-corrected chi connectivity index (χ1v) is 7.27. The number of hydrogen-bond acceptors (Lipinski definition) is 1. The van der Waals surface area contributed by atoms with Crippen LogP contribution in [0.25, 0.3) is 0 Å². The summed E-state index contributed by atoms with van der Waals surface area (Å²) in [5.74, 6) is 0. The Morgan fingerprint density at radius 2 is 1.75 bits per heavy atom. The van der Waals surface area contributed by atoms with Crippen molar-refractivity contribution in [2.24, 2.45) is 5.41 Å². The molecule has 1 heterocycles. The number of nitrogens with one attached hydrogen (secondary N) is 1. The molecule has 0 bridgehead atoms. The van der Waals surface area contributed by atoms with Crippen LogP contribution in [-0.4, -0.2) is 12.1 Å². The molecule has 0 aliphatic carbocycles. The van der Waals surface area contributed by atoms with Gasteiger partial charge >= 0.3 is 0 Å². The minimum Gasteiger partial charge on any atom is -0.311 e. The fraction of sp³-hybridized carbons (Fsp3) is 1.00. The van der Waals surface area contributed by atoms with E-state index in [1.165, 1.54) is 57.9 Å². The molecule has 1 atom stereocenters. The summed E-state index contributed by atoms with van der Waals surface area (Å²) in [5, 5.41) is 3.80. The lowest BCUT2D eigenvalue weighted by Crippen LogP contribution is -2.50. The smallest absolute Gasteiger partial charge is 0.0230 e. The van der Waals surface area contributed by atoms with Crippen LogP contribution in [0.1, 0.15) is 79.1 Å². The first kappa shape index (κ1) is 14.0. The molecule has 1 saturated heterocycles. The Hall–Kier alpha value is -0.0400. The van der Waals surface area contributed by atoms with Crippen LogP contribution in [0.5, 0.6) is 0 Å². The van der Waals surface area contributed by atoms with E-state index in [0.29, 0.717) is 11.0 Å².